The zero-order chi connectivity index (χ0) is 16.5. The van der Waals surface area contributed by atoms with Gasteiger partial charge in [0, 0.05) is 39.0 Å². The molecule has 1 aromatic carbocycles. The van der Waals surface area contributed by atoms with Gasteiger partial charge in [-0.25, -0.2) is 4.79 Å². The van der Waals surface area contributed by atoms with Gasteiger partial charge >= 0.3 is 6.03 Å². The minimum atomic E-state index is -0.630. The summed E-state index contributed by atoms with van der Waals surface area (Å²) >= 11 is 0. The standard InChI is InChI=1S/C17H25N3O3/c21-15(12-14-6-2-1-3-7-14)13-19-17(23)18-9-8-16(22)20-10-4-5-11-20/h1-3,6-7,15,21H,4-5,8-13H2,(H2,18,19,23). The van der Waals surface area contributed by atoms with Crippen molar-refractivity contribution in [3.8, 4) is 0 Å². The van der Waals surface area contributed by atoms with Crippen LogP contribution in [0.3, 0.4) is 0 Å². The van der Waals surface area contributed by atoms with Crippen LogP contribution in [0.1, 0.15) is 24.8 Å². The average Bonchev–Trinajstić information content (AvgIpc) is 3.08. The number of likely N-dealkylation sites (tertiary alicyclic amines) is 1. The third-order valence-electron chi connectivity index (χ3n) is 3.90. The van der Waals surface area contributed by atoms with E-state index in [-0.39, 0.29) is 18.5 Å². The lowest BCUT2D eigenvalue weighted by atomic mass is 10.1. The number of nitrogens with zero attached hydrogens (tertiary/aromatic N) is 1. The molecule has 1 aliphatic rings. The Hall–Kier alpha value is -2.08. The highest BCUT2D eigenvalue weighted by molar-refractivity contribution is 5.78. The lowest BCUT2D eigenvalue weighted by molar-refractivity contribution is -0.129. The molecule has 1 saturated heterocycles. The highest BCUT2D eigenvalue weighted by Crippen LogP contribution is 2.08. The Morgan fingerprint density at radius 2 is 1.83 bits per heavy atom. The molecule has 3 N–H and O–H groups in total. The second-order valence-corrected chi connectivity index (χ2v) is 5.82. The first-order valence-electron chi connectivity index (χ1n) is 8.16. The fourth-order valence-electron chi connectivity index (χ4n) is 2.64. The van der Waals surface area contributed by atoms with E-state index in [2.05, 4.69) is 10.6 Å². The SMILES string of the molecule is O=C(NCCC(=O)N1CCCC1)NCC(O)Cc1ccccc1. The molecule has 1 unspecified atom stereocenters. The molecular weight excluding hydrogens is 294 g/mol. The summed E-state index contributed by atoms with van der Waals surface area (Å²) < 4.78 is 0. The zero-order valence-corrected chi connectivity index (χ0v) is 13.3. The maximum absolute atomic E-state index is 11.8. The monoisotopic (exact) mass is 319 g/mol. The van der Waals surface area contributed by atoms with Gasteiger partial charge in [-0.15, -0.1) is 0 Å². The Morgan fingerprint density at radius 3 is 2.52 bits per heavy atom. The van der Waals surface area contributed by atoms with E-state index in [9.17, 15) is 14.7 Å². The number of aliphatic hydroxyl groups is 1. The van der Waals surface area contributed by atoms with Gasteiger partial charge < -0.3 is 20.6 Å². The van der Waals surface area contributed by atoms with Gasteiger partial charge in [0.1, 0.15) is 0 Å². The molecule has 0 saturated carbocycles. The third kappa shape index (κ3) is 6.28. The highest BCUT2D eigenvalue weighted by atomic mass is 16.3. The number of aliphatic hydroxyl groups excluding tert-OH is 1. The fourth-order valence-corrected chi connectivity index (χ4v) is 2.64. The second-order valence-electron chi connectivity index (χ2n) is 5.82. The number of rotatable bonds is 7. The molecule has 1 fully saturated rings. The van der Waals surface area contributed by atoms with E-state index in [4.69, 9.17) is 0 Å². The van der Waals surface area contributed by atoms with Crippen LogP contribution < -0.4 is 10.6 Å². The van der Waals surface area contributed by atoms with E-state index in [0.29, 0.717) is 19.4 Å². The van der Waals surface area contributed by atoms with E-state index in [0.717, 1.165) is 31.5 Å². The largest absolute Gasteiger partial charge is 0.391 e. The van der Waals surface area contributed by atoms with Crippen molar-refractivity contribution in [2.24, 2.45) is 0 Å². The molecule has 23 heavy (non-hydrogen) atoms. The first-order valence-corrected chi connectivity index (χ1v) is 8.16. The second kappa shape index (κ2) is 9.15. The first-order chi connectivity index (χ1) is 11.1. The third-order valence-corrected chi connectivity index (χ3v) is 3.90. The topological polar surface area (TPSA) is 81.7 Å². The number of carbonyl (C=O) groups is 2. The van der Waals surface area contributed by atoms with Crippen molar-refractivity contribution in [3.05, 3.63) is 35.9 Å². The molecular formula is C17H25N3O3. The number of hydrogen-bond acceptors (Lipinski definition) is 3. The summed E-state index contributed by atoms with van der Waals surface area (Å²) in [4.78, 5) is 25.3. The Bertz CT molecular complexity index is 501. The molecule has 0 aliphatic carbocycles. The van der Waals surface area contributed by atoms with E-state index in [1.54, 1.807) is 0 Å². The molecule has 0 bridgehead atoms. The van der Waals surface area contributed by atoms with Crippen molar-refractivity contribution >= 4 is 11.9 Å². The summed E-state index contributed by atoms with van der Waals surface area (Å²) in [5.41, 5.74) is 1.03. The molecule has 2 rings (SSSR count). The lowest BCUT2D eigenvalue weighted by Crippen LogP contribution is -2.41. The van der Waals surface area contributed by atoms with Gasteiger partial charge in [-0.05, 0) is 18.4 Å². The van der Waals surface area contributed by atoms with Crippen molar-refractivity contribution in [2.45, 2.75) is 31.8 Å². The average molecular weight is 319 g/mol. The number of amides is 3. The number of nitrogens with one attached hydrogen (secondary N) is 2. The molecule has 6 nitrogen and oxygen atoms in total. The number of carbonyl (C=O) groups excluding carboxylic acids is 2. The van der Waals surface area contributed by atoms with Gasteiger partial charge in [0.25, 0.3) is 0 Å². The van der Waals surface area contributed by atoms with Crippen LogP contribution >= 0.6 is 0 Å². The molecule has 0 radical (unpaired) electrons. The van der Waals surface area contributed by atoms with Gasteiger partial charge in [-0.2, -0.15) is 0 Å². The quantitative estimate of drug-likeness (QED) is 0.698. The molecule has 6 heteroatoms. The zero-order valence-electron chi connectivity index (χ0n) is 13.3. The van der Waals surface area contributed by atoms with Gasteiger partial charge in [-0.3, -0.25) is 4.79 Å². The fraction of sp³-hybridized carbons (Fsp3) is 0.529. The molecule has 1 aliphatic heterocycles. The smallest absolute Gasteiger partial charge is 0.314 e. The Labute approximate surface area is 136 Å². The van der Waals surface area contributed by atoms with Gasteiger partial charge in [0.05, 0.1) is 6.10 Å². The van der Waals surface area contributed by atoms with Crippen LogP contribution in [0, 0.1) is 0 Å². The minimum Gasteiger partial charge on any atom is -0.391 e. The normalized spacial score (nSPS) is 15.3. The summed E-state index contributed by atoms with van der Waals surface area (Å²) in [6, 6.07) is 9.27. The number of hydrogen-bond donors (Lipinski definition) is 3. The maximum Gasteiger partial charge on any atom is 0.314 e. The number of benzene rings is 1. The van der Waals surface area contributed by atoms with Crippen LogP contribution in [-0.4, -0.2) is 54.2 Å². The Kier molecular flexibility index (Phi) is 6.87. The van der Waals surface area contributed by atoms with Crippen molar-refractivity contribution in [1.29, 1.82) is 0 Å². The molecule has 1 heterocycles. The van der Waals surface area contributed by atoms with Crippen molar-refractivity contribution in [1.82, 2.24) is 15.5 Å². The Morgan fingerprint density at radius 1 is 1.13 bits per heavy atom. The van der Waals surface area contributed by atoms with Gasteiger partial charge in [-0.1, -0.05) is 30.3 Å². The molecule has 0 aromatic heterocycles. The molecule has 3 amide bonds. The lowest BCUT2D eigenvalue weighted by Gasteiger charge is -2.16. The highest BCUT2D eigenvalue weighted by Gasteiger charge is 2.17. The predicted octanol–water partition coefficient (Wildman–Crippen LogP) is 0.902. The number of urea groups is 1. The Balaban J connectivity index is 1.56. The molecule has 1 aromatic rings. The maximum atomic E-state index is 11.8. The van der Waals surface area contributed by atoms with Crippen LogP contribution in [0.15, 0.2) is 30.3 Å². The molecule has 126 valence electrons. The molecule has 0 spiro atoms. The first kappa shape index (κ1) is 17.3. The van der Waals surface area contributed by atoms with Crippen LogP contribution in [0.2, 0.25) is 0 Å². The summed E-state index contributed by atoms with van der Waals surface area (Å²) in [7, 11) is 0. The van der Waals surface area contributed by atoms with Crippen LogP contribution in [0.4, 0.5) is 4.79 Å². The van der Waals surface area contributed by atoms with E-state index in [1.165, 1.54) is 0 Å². The van der Waals surface area contributed by atoms with Crippen LogP contribution in [0.5, 0.6) is 0 Å². The van der Waals surface area contributed by atoms with Gasteiger partial charge in [0.2, 0.25) is 5.91 Å². The van der Waals surface area contributed by atoms with E-state index in [1.807, 2.05) is 35.2 Å². The van der Waals surface area contributed by atoms with Crippen molar-refractivity contribution in [2.75, 3.05) is 26.2 Å². The van der Waals surface area contributed by atoms with Crippen LogP contribution in [-0.2, 0) is 11.2 Å². The summed E-state index contributed by atoms with van der Waals surface area (Å²) in [6.45, 7) is 2.16. The summed E-state index contributed by atoms with van der Waals surface area (Å²) in [5, 5.41) is 15.2. The predicted molar refractivity (Wildman–Crippen MR) is 88.0 cm³/mol. The van der Waals surface area contributed by atoms with Crippen LogP contribution in [0.25, 0.3) is 0 Å². The van der Waals surface area contributed by atoms with Crippen molar-refractivity contribution in [3.63, 3.8) is 0 Å². The summed E-state index contributed by atoms with van der Waals surface area (Å²) in [5.74, 6) is 0.0897. The minimum absolute atomic E-state index is 0.0897. The van der Waals surface area contributed by atoms with E-state index < -0.39 is 6.10 Å². The van der Waals surface area contributed by atoms with Gasteiger partial charge in [0.15, 0.2) is 0 Å². The summed E-state index contributed by atoms with van der Waals surface area (Å²) in [6.07, 6.45) is 2.32. The van der Waals surface area contributed by atoms with E-state index >= 15 is 0 Å². The molecule has 1 atom stereocenters. The van der Waals surface area contributed by atoms with Crippen molar-refractivity contribution < 1.29 is 14.7 Å².